The Labute approximate surface area is 183 Å². The highest BCUT2D eigenvalue weighted by atomic mass is 16.6. The van der Waals surface area contributed by atoms with Crippen LogP contribution in [0.4, 0.5) is 10.5 Å². The molecule has 0 saturated carbocycles. The lowest BCUT2D eigenvalue weighted by atomic mass is 9.85. The topological polar surface area (TPSA) is 71.1 Å². The molecule has 0 unspecified atom stereocenters. The molecule has 0 aromatic heterocycles. The Balaban J connectivity index is 1.62. The molecule has 1 saturated heterocycles. The van der Waals surface area contributed by atoms with Crippen molar-refractivity contribution in [3.8, 4) is 5.75 Å². The number of ether oxygens (including phenoxy) is 2. The average molecular weight is 426 g/mol. The highest BCUT2D eigenvalue weighted by Crippen LogP contribution is 2.30. The lowest BCUT2D eigenvalue weighted by Crippen LogP contribution is -2.60. The van der Waals surface area contributed by atoms with Crippen LogP contribution < -0.4 is 10.1 Å². The molecular weight excluding hydrogens is 394 g/mol. The number of likely N-dealkylation sites (N-methyl/N-ethyl adjacent to an activating group) is 1. The van der Waals surface area contributed by atoms with Crippen molar-refractivity contribution in [2.45, 2.75) is 31.9 Å². The fourth-order valence-corrected chi connectivity index (χ4v) is 3.89. The zero-order valence-corrected chi connectivity index (χ0v) is 18.7. The number of hydrogen-bond donors (Lipinski definition) is 1. The van der Waals surface area contributed by atoms with Crippen LogP contribution in [0.3, 0.4) is 0 Å². The smallest absolute Gasteiger partial charge is 0.410 e. The van der Waals surface area contributed by atoms with Crippen LogP contribution in [-0.4, -0.2) is 61.6 Å². The largest absolute Gasteiger partial charge is 0.497 e. The summed E-state index contributed by atoms with van der Waals surface area (Å²) in [7, 11) is 5.43. The number of piperidine rings is 1. The van der Waals surface area contributed by atoms with Crippen molar-refractivity contribution in [1.29, 1.82) is 0 Å². The van der Waals surface area contributed by atoms with Crippen LogP contribution in [0.25, 0.3) is 0 Å². The Morgan fingerprint density at radius 3 is 2.35 bits per heavy atom. The highest BCUT2D eigenvalue weighted by molar-refractivity contribution is 5.99. The van der Waals surface area contributed by atoms with Crippen LogP contribution in [0.1, 0.15) is 24.0 Å². The number of carbonyl (C=O) groups is 2. The number of rotatable bonds is 6. The van der Waals surface area contributed by atoms with Crippen LogP contribution in [-0.2, 0) is 16.1 Å². The molecular formula is C24H31N3O4. The van der Waals surface area contributed by atoms with Gasteiger partial charge < -0.3 is 19.7 Å². The van der Waals surface area contributed by atoms with E-state index in [1.807, 2.05) is 74.4 Å². The number of nitrogens with one attached hydrogen (secondary N) is 1. The second-order valence-corrected chi connectivity index (χ2v) is 8.09. The Kier molecular flexibility index (Phi) is 7.17. The summed E-state index contributed by atoms with van der Waals surface area (Å²) in [6.07, 6.45) is 0.714. The van der Waals surface area contributed by atoms with Gasteiger partial charge in [-0.3, -0.25) is 9.69 Å². The second-order valence-electron chi connectivity index (χ2n) is 8.09. The van der Waals surface area contributed by atoms with Gasteiger partial charge in [0, 0.05) is 18.8 Å². The van der Waals surface area contributed by atoms with Crippen molar-refractivity contribution in [1.82, 2.24) is 9.80 Å². The molecule has 7 nitrogen and oxygen atoms in total. The predicted octanol–water partition coefficient (Wildman–Crippen LogP) is 3.68. The molecule has 1 fully saturated rings. The van der Waals surface area contributed by atoms with Gasteiger partial charge >= 0.3 is 6.09 Å². The maximum absolute atomic E-state index is 13.3. The maximum atomic E-state index is 13.3. The number of amides is 2. The van der Waals surface area contributed by atoms with Crippen molar-refractivity contribution in [2.75, 3.05) is 39.6 Å². The zero-order valence-electron chi connectivity index (χ0n) is 18.7. The van der Waals surface area contributed by atoms with E-state index >= 15 is 0 Å². The van der Waals surface area contributed by atoms with Crippen LogP contribution in [0.5, 0.6) is 5.75 Å². The van der Waals surface area contributed by atoms with E-state index in [-0.39, 0.29) is 18.6 Å². The summed E-state index contributed by atoms with van der Waals surface area (Å²) < 4.78 is 10.7. The minimum Gasteiger partial charge on any atom is -0.497 e. The van der Waals surface area contributed by atoms with Crippen LogP contribution >= 0.6 is 0 Å². The van der Waals surface area contributed by atoms with E-state index in [0.29, 0.717) is 25.9 Å². The first-order chi connectivity index (χ1) is 14.9. The number of methoxy groups -OCH3 is 1. The van der Waals surface area contributed by atoms with Crippen molar-refractivity contribution < 1.29 is 19.1 Å². The van der Waals surface area contributed by atoms with E-state index in [2.05, 4.69) is 5.32 Å². The van der Waals surface area contributed by atoms with E-state index in [1.54, 1.807) is 12.0 Å². The van der Waals surface area contributed by atoms with Crippen LogP contribution in [0, 0.1) is 6.92 Å². The van der Waals surface area contributed by atoms with Crippen LogP contribution in [0.2, 0.25) is 0 Å². The second kappa shape index (κ2) is 9.83. The van der Waals surface area contributed by atoms with Gasteiger partial charge in [0.2, 0.25) is 5.91 Å². The molecule has 2 amide bonds. The minimum absolute atomic E-state index is 0.0666. The van der Waals surface area contributed by atoms with Crippen molar-refractivity contribution >= 4 is 17.7 Å². The van der Waals surface area contributed by atoms with E-state index < -0.39 is 5.54 Å². The molecule has 166 valence electrons. The molecule has 31 heavy (non-hydrogen) atoms. The molecule has 1 heterocycles. The van der Waals surface area contributed by atoms with Gasteiger partial charge in [0.25, 0.3) is 0 Å². The van der Waals surface area contributed by atoms with E-state index in [0.717, 1.165) is 22.6 Å². The van der Waals surface area contributed by atoms with E-state index in [1.165, 1.54) is 0 Å². The Morgan fingerprint density at radius 2 is 1.77 bits per heavy atom. The lowest BCUT2D eigenvalue weighted by Gasteiger charge is -2.44. The van der Waals surface area contributed by atoms with Crippen molar-refractivity contribution in [3.63, 3.8) is 0 Å². The third-order valence-corrected chi connectivity index (χ3v) is 6.01. The molecule has 1 aliphatic heterocycles. The van der Waals surface area contributed by atoms with Crippen molar-refractivity contribution in [3.05, 3.63) is 59.7 Å². The molecule has 3 rings (SSSR count). The summed E-state index contributed by atoms with van der Waals surface area (Å²) in [6, 6.07) is 15.2. The summed E-state index contributed by atoms with van der Waals surface area (Å²) >= 11 is 0. The molecule has 2 aromatic rings. The SMILES string of the molecule is COc1ccc(NC(=O)C2(N(C)C)CCN(C(=O)OCc3ccccc3)CC2)c(C)c1. The molecule has 7 heteroatoms. The first kappa shape index (κ1) is 22.6. The Bertz CT molecular complexity index is 906. The summed E-state index contributed by atoms with van der Waals surface area (Å²) in [5.74, 6) is 0.684. The van der Waals surface area contributed by atoms with Gasteiger partial charge in [0.1, 0.15) is 17.9 Å². The number of hydrogen-bond acceptors (Lipinski definition) is 5. The number of anilines is 1. The van der Waals surface area contributed by atoms with E-state index in [4.69, 9.17) is 9.47 Å². The van der Waals surface area contributed by atoms with Gasteiger partial charge in [-0.2, -0.15) is 0 Å². The summed E-state index contributed by atoms with van der Waals surface area (Å²) in [5.41, 5.74) is 1.95. The summed E-state index contributed by atoms with van der Waals surface area (Å²) in [5, 5.41) is 3.07. The first-order valence-corrected chi connectivity index (χ1v) is 10.4. The van der Waals surface area contributed by atoms with Gasteiger partial charge in [-0.05, 0) is 63.2 Å². The molecule has 0 aliphatic carbocycles. The summed E-state index contributed by atoms with van der Waals surface area (Å²) in [6.45, 7) is 3.10. The molecule has 2 aromatic carbocycles. The third kappa shape index (κ3) is 5.17. The molecule has 0 bridgehead atoms. The number of carbonyl (C=O) groups excluding carboxylic acids is 2. The van der Waals surface area contributed by atoms with Gasteiger partial charge in [-0.1, -0.05) is 30.3 Å². The first-order valence-electron chi connectivity index (χ1n) is 10.4. The number of likely N-dealkylation sites (tertiary alicyclic amines) is 1. The van der Waals surface area contributed by atoms with Crippen LogP contribution in [0.15, 0.2) is 48.5 Å². The van der Waals surface area contributed by atoms with Gasteiger partial charge in [0.15, 0.2) is 0 Å². The standard InChI is InChI=1S/C24H31N3O4/c1-18-16-20(30-4)10-11-21(18)25-22(28)24(26(2)3)12-14-27(15-13-24)23(29)31-17-19-8-6-5-7-9-19/h5-11,16H,12-15,17H2,1-4H3,(H,25,28). The predicted molar refractivity (Wildman–Crippen MR) is 120 cm³/mol. The summed E-state index contributed by atoms with van der Waals surface area (Å²) in [4.78, 5) is 29.4. The minimum atomic E-state index is -0.692. The molecule has 0 spiro atoms. The fraction of sp³-hybridized carbons (Fsp3) is 0.417. The molecule has 1 aliphatic rings. The monoisotopic (exact) mass is 425 g/mol. The van der Waals surface area contributed by atoms with E-state index in [9.17, 15) is 9.59 Å². The molecule has 1 N–H and O–H groups in total. The number of nitrogens with zero attached hydrogens (tertiary/aromatic N) is 2. The maximum Gasteiger partial charge on any atom is 0.410 e. The third-order valence-electron chi connectivity index (χ3n) is 6.01. The quantitative estimate of drug-likeness (QED) is 0.765. The normalized spacial score (nSPS) is 15.5. The van der Waals surface area contributed by atoms with Crippen molar-refractivity contribution in [2.24, 2.45) is 0 Å². The fourth-order valence-electron chi connectivity index (χ4n) is 3.89. The molecule has 0 atom stereocenters. The highest BCUT2D eigenvalue weighted by Gasteiger charge is 2.44. The Morgan fingerprint density at radius 1 is 1.10 bits per heavy atom. The number of benzene rings is 2. The van der Waals surface area contributed by atoms with Gasteiger partial charge in [-0.25, -0.2) is 4.79 Å². The lowest BCUT2D eigenvalue weighted by molar-refractivity contribution is -0.129. The van der Waals surface area contributed by atoms with Gasteiger partial charge in [-0.15, -0.1) is 0 Å². The average Bonchev–Trinajstić information content (AvgIpc) is 2.79. The number of aryl methyl sites for hydroxylation is 1. The van der Waals surface area contributed by atoms with Gasteiger partial charge in [0.05, 0.1) is 7.11 Å². The zero-order chi connectivity index (χ0) is 22.4. The Hall–Kier alpha value is -3.06. The molecule has 0 radical (unpaired) electrons.